The molecule has 134 valence electrons. The molecule has 4 fully saturated rings. The highest BCUT2D eigenvalue weighted by atomic mass is 16.5. The van der Waals surface area contributed by atoms with Crippen molar-refractivity contribution in [1.29, 1.82) is 0 Å². The normalized spacial score (nSPS) is 50.6. The molecule has 0 aromatic carbocycles. The first-order chi connectivity index (χ1) is 11.3. The van der Waals surface area contributed by atoms with Gasteiger partial charge in [0, 0.05) is 18.8 Å². The first kappa shape index (κ1) is 16.6. The summed E-state index contributed by atoms with van der Waals surface area (Å²) < 4.78 is 5.54. The van der Waals surface area contributed by atoms with Gasteiger partial charge in [-0.1, -0.05) is 13.8 Å². The number of ketones is 1. The van der Waals surface area contributed by atoms with Gasteiger partial charge in [0.25, 0.3) is 0 Å². The van der Waals surface area contributed by atoms with Crippen LogP contribution >= 0.6 is 0 Å². The zero-order valence-electron chi connectivity index (χ0n) is 15.5. The summed E-state index contributed by atoms with van der Waals surface area (Å²) in [6.45, 7) is 6.30. The Morgan fingerprint density at radius 3 is 2.58 bits per heavy atom. The molecule has 7 atom stereocenters. The molecule has 0 amide bonds. The van der Waals surface area contributed by atoms with E-state index < -0.39 is 0 Å². The maximum absolute atomic E-state index is 12.5. The first-order valence-electron chi connectivity index (χ1n) is 10.0. The lowest BCUT2D eigenvalue weighted by molar-refractivity contribution is -0.160. The third kappa shape index (κ3) is 2.29. The highest BCUT2D eigenvalue weighted by Gasteiger charge is 2.60. The summed E-state index contributed by atoms with van der Waals surface area (Å²) in [6.07, 6.45) is 10.2. The number of hydrogen-bond donors (Lipinski definition) is 0. The van der Waals surface area contributed by atoms with E-state index in [0.29, 0.717) is 23.0 Å². The van der Waals surface area contributed by atoms with Crippen molar-refractivity contribution in [3.8, 4) is 0 Å². The number of carbonyl (C=O) groups is 2. The van der Waals surface area contributed by atoms with Crippen LogP contribution < -0.4 is 0 Å². The molecule has 0 aromatic rings. The Kier molecular flexibility index (Phi) is 3.85. The van der Waals surface area contributed by atoms with Gasteiger partial charge in [-0.2, -0.15) is 0 Å². The molecule has 4 aliphatic rings. The number of ether oxygens (including phenoxy) is 1. The minimum atomic E-state index is -0.129. The fourth-order valence-corrected chi connectivity index (χ4v) is 7.33. The van der Waals surface area contributed by atoms with Crippen LogP contribution in [0.5, 0.6) is 0 Å². The largest absolute Gasteiger partial charge is 0.463 e. The first-order valence-corrected chi connectivity index (χ1v) is 10.0. The third-order valence-corrected chi connectivity index (χ3v) is 8.66. The quantitative estimate of drug-likeness (QED) is 0.663. The Balaban J connectivity index is 1.54. The van der Waals surface area contributed by atoms with Crippen LogP contribution in [0.4, 0.5) is 0 Å². The highest BCUT2D eigenvalue weighted by molar-refractivity contribution is 5.87. The number of Topliss-reactive ketones (excluding diaryl/α,β-unsaturated/α-hetero) is 1. The van der Waals surface area contributed by atoms with E-state index in [2.05, 4.69) is 13.8 Å². The van der Waals surface area contributed by atoms with Crippen LogP contribution in [0.15, 0.2) is 0 Å². The number of fused-ring (bicyclic) bond motifs is 5. The van der Waals surface area contributed by atoms with Gasteiger partial charge < -0.3 is 4.74 Å². The minimum Gasteiger partial charge on any atom is -0.463 e. The Bertz CT molecular complexity index is 555. The molecule has 0 heterocycles. The van der Waals surface area contributed by atoms with Crippen LogP contribution in [-0.2, 0) is 14.3 Å². The van der Waals surface area contributed by atoms with Gasteiger partial charge in [-0.05, 0) is 80.5 Å². The predicted octanol–water partition coefficient (Wildman–Crippen LogP) is 4.53. The SMILES string of the molecule is CC(=O)O[C@H]1CC[C@@]2(C)[C@H](CC[C@H]3[C@@H]4CCC(=O)C4(C)CC[C@@H]32)C1. The Hall–Kier alpha value is -0.860. The van der Waals surface area contributed by atoms with Crippen LogP contribution in [0.2, 0.25) is 0 Å². The minimum absolute atomic E-state index is 0.0146. The molecule has 3 nitrogen and oxygen atoms in total. The fraction of sp³-hybridized carbons (Fsp3) is 0.905. The molecular weight excluding hydrogens is 300 g/mol. The number of esters is 1. The molecule has 24 heavy (non-hydrogen) atoms. The van der Waals surface area contributed by atoms with Crippen molar-refractivity contribution < 1.29 is 14.3 Å². The molecule has 4 saturated carbocycles. The Labute approximate surface area is 145 Å². The van der Waals surface area contributed by atoms with Crippen LogP contribution in [-0.4, -0.2) is 17.9 Å². The second kappa shape index (κ2) is 5.57. The summed E-state index contributed by atoms with van der Waals surface area (Å²) in [5, 5.41) is 0. The molecular formula is C21H32O3. The second-order valence-corrected chi connectivity index (χ2v) is 9.58. The maximum atomic E-state index is 12.5. The van der Waals surface area contributed by atoms with E-state index in [9.17, 15) is 9.59 Å². The van der Waals surface area contributed by atoms with E-state index in [0.717, 1.165) is 43.9 Å². The summed E-state index contributed by atoms with van der Waals surface area (Å²) in [6, 6.07) is 0. The van der Waals surface area contributed by atoms with Gasteiger partial charge in [0.1, 0.15) is 11.9 Å². The lowest BCUT2D eigenvalue weighted by Gasteiger charge is -2.60. The van der Waals surface area contributed by atoms with E-state index in [1.807, 2.05) is 0 Å². The van der Waals surface area contributed by atoms with Crippen molar-refractivity contribution in [2.75, 3.05) is 0 Å². The van der Waals surface area contributed by atoms with Gasteiger partial charge in [-0.15, -0.1) is 0 Å². The van der Waals surface area contributed by atoms with E-state index >= 15 is 0 Å². The monoisotopic (exact) mass is 332 g/mol. The van der Waals surface area contributed by atoms with E-state index in [4.69, 9.17) is 4.74 Å². The van der Waals surface area contributed by atoms with E-state index in [-0.39, 0.29) is 17.5 Å². The molecule has 1 unspecified atom stereocenters. The van der Waals surface area contributed by atoms with Crippen LogP contribution in [0.25, 0.3) is 0 Å². The van der Waals surface area contributed by atoms with Gasteiger partial charge in [-0.25, -0.2) is 0 Å². The average molecular weight is 332 g/mol. The van der Waals surface area contributed by atoms with Crippen molar-refractivity contribution in [3.05, 3.63) is 0 Å². The molecule has 0 aliphatic heterocycles. The van der Waals surface area contributed by atoms with Crippen LogP contribution in [0, 0.1) is 34.5 Å². The lowest BCUT2D eigenvalue weighted by atomic mass is 9.45. The van der Waals surface area contributed by atoms with Gasteiger partial charge in [0.2, 0.25) is 0 Å². The van der Waals surface area contributed by atoms with Crippen LogP contribution in [0.1, 0.15) is 78.6 Å². The molecule has 4 rings (SSSR count). The standard InChI is InChI=1S/C21H32O3/c1-13(22)24-15-8-10-20(2)14(12-15)4-5-16-17-6-7-19(23)21(17,3)11-9-18(16)20/h14-18H,4-12H2,1-3H3/t14-,15+,16+,17+,18+,20+,21?/m1/s1. The second-order valence-electron chi connectivity index (χ2n) is 9.58. The molecule has 0 N–H and O–H groups in total. The van der Waals surface area contributed by atoms with Crippen molar-refractivity contribution in [2.45, 2.75) is 84.7 Å². The van der Waals surface area contributed by atoms with Gasteiger partial charge >= 0.3 is 5.97 Å². The third-order valence-electron chi connectivity index (χ3n) is 8.66. The molecule has 0 aromatic heterocycles. The van der Waals surface area contributed by atoms with Crippen LogP contribution in [0.3, 0.4) is 0 Å². The highest BCUT2D eigenvalue weighted by Crippen LogP contribution is 2.65. The lowest BCUT2D eigenvalue weighted by Crippen LogP contribution is -2.54. The molecule has 3 heteroatoms. The summed E-state index contributed by atoms with van der Waals surface area (Å²) >= 11 is 0. The molecule has 0 bridgehead atoms. The predicted molar refractivity (Wildman–Crippen MR) is 92.3 cm³/mol. The van der Waals surface area contributed by atoms with E-state index in [1.54, 1.807) is 0 Å². The van der Waals surface area contributed by atoms with E-state index in [1.165, 1.54) is 32.6 Å². The summed E-state index contributed by atoms with van der Waals surface area (Å²) in [4.78, 5) is 23.8. The van der Waals surface area contributed by atoms with Gasteiger partial charge in [-0.3, -0.25) is 9.59 Å². The molecule has 0 radical (unpaired) electrons. The maximum Gasteiger partial charge on any atom is 0.302 e. The fourth-order valence-electron chi connectivity index (χ4n) is 7.33. The van der Waals surface area contributed by atoms with Crippen molar-refractivity contribution >= 4 is 11.8 Å². The van der Waals surface area contributed by atoms with Crippen molar-refractivity contribution in [3.63, 3.8) is 0 Å². The Morgan fingerprint density at radius 1 is 1.04 bits per heavy atom. The smallest absolute Gasteiger partial charge is 0.302 e. The summed E-state index contributed by atoms with van der Waals surface area (Å²) in [5.74, 6) is 3.26. The summed E-state index contributed by atoms with van der Waals surface area (Å²) in [5.41, 5.74) is 0.381. The zero-order valence-corrected chi connectivity index (χ0v) is 15.5. The van der Waals surface area contributed by atoms with Crippen molar-refractivity contribution in [1.82, 2.24) is 0 Å². The van der Waals surface area contributed by atoms with Gasteiger partial charge in [0.05, 0.1) is 0 Å². The van der Waals surface area contributed by atoms with Gasteiger partial charge in [0.15, 0.2) is 0 Å². The number of rotatable bonds is 1. The molecule has 0 saturated heterocycles. The molecule has 4 aliphatic carbocycles. The number of hydrogen-bond acceptors (Lipinski definition) is 3. The zero-order chi connectivity index (χ0) is 17.1. The number of carbonyl (C=O) groups excluding carboxylic acids is 2. The molecule has 0 spiro atoms. The Morgan fingerprint density at radius 2 is 1.83 bits per heavy atom. The average Bonchev–Trinajstić information content (AvgIpc) is 2.83. The summed E-state index contributed by atoms with van der Waals surface area (Å²) in [7, 11) is 0. The van der Waals surface area contributed by atoms with Crippen molar-refractivity contribution in [2.24, 2.45) is 34.5 Å². The topological polar surface area (TPSA) is 43.4 Å².